The smallest absolute Gasteiger partial charge is 0.220 e. The van der Waals surface area contributed by atoms with Gasteiger partial charge in [0.25, 0.3) is 0 Å². The van der Waals surface area contributed by atoms with E-state index in [1.807, 2.05) is 0 Å². The predicted molar refractivity (Wildman–Crippen MR) is 76.1 cm³/mol. The molecule has 1 saturated heterocycles. The van der Waals surface area contributed by atoms with Gasteiger partial charge in [0.05, 0.1) is 6.61 Å². The largest absolute Gasteiger partial charge is 0.377 e. The second-order valence-corrected chi connectivity index (χ2v) is 4.48. The molecule has 2 N–H and O–H groups in total. The molecular weight excluding hydrogens is 252 g/mol. The molecule has 0 saturated carbocycles. The Balaban J connectivity index is 0.00000289. The Labute approximate surface area is 116 Å². The summed E-state index contributed by atoms with van der Waals surface area (Å²) < 4.78 is 5.22. The van der Waals surface area contributed by atoms with Crippen LogP contribution in [0, 0.1) is 5.92 Å². The van der Waals surface area contributed by atoms with Crippen LogP contribution in [-0.4, -0.2) is 38.8 Å². The van der Waals surface area contributed by atoms with Gasteiger partial charge in [-0.1, -0.05) is 6.08 Å². The van der Waals surface area contributed by atoms with Gasteiger partial charge in [-0.2, -0.15) is 0 Å². The lowest BCUT2D eigenvalue weighted by atomic mass is 10.00. The molecule has 1 fully saturated rings. The van der Waals surface area contributed by atoms with Gasteiger partial charge < -0.3 is 15.4 Å². The second kappa shape index (κ2) is 11.5. The third kappa shape index (κ3) is 8.50. The number of piperidine rings is 1. The van der Waals surface area contributed by atoms with E-state index in [0.717, 1.165) is 26.1 Å². The Bertz CT molecular complexity index is 231. The molecule has 18 heavy (non-hydrogen) atoms. The molecule has 1 unspecified atom stereocenters. The van der Waals surface area contributed by atoms with Gasteiger partial charge in [-0.15, -0.1) is 19.0 Å². The SMILES string of the molecule is C=CCOCCCC(=O)NCC1CCCNC1.Cl. The van der Waals surface area contributed by atoms with E-state index in [-0.39, 0.29) is 18.3 Å². The monoisotopic (exact) mass is 276 g/mol. The summed E-state index contributed by atoms with van der Waals surface area (Å²) in [4.78, 5) is 11.5. The Morgan fingerprint density at radius 2 is 2.39 bits per heavy atom. The van der Waals surface area contributed by atoms with Gasteiger partial charge >= 0.3 is 0 Å². The number of nitrogens with one attached hydrogen (secondary N) is 2. The summed E-state index contributed by atoms with van der Waals surface area (Å²) in [5.74, 6) is 0.738. The lowest BCUT2D eigenvalue weighted by molar-refractivity contribution is -0.121. The third-order valence-corrected chi connectivity index (χ3v) is 2.92. The number of hydrogen-bond donors (Lipinski definition) is 2. The van der Waals surface area contributed by atoms with Crippen molar-refractivity contribution in [3.05, 3.63) is 12.7 Å². The number of amides is 1. The fourth-order valence-corrected chi connectivity index (χ4v) is 1.95. The highest BCUT2D eigenvalue weighted by Gasteiger charge is 2.13. The van der Waals surface area contributed by atoms with Crippen LogP contribution in [0.15, 0.2) is 12.7 Å². The molecule has 1 heterocycles. The molecule has 0 spiro atoms. The van der Waals surface area contributed by atoms with E-state index in [0.29, 0.717) is 25.6 Å². The van der Waals surface area contributed by atoms with Crippen molar-refractivity contribution in [3.8, 4) is 0 Å². The molecule has 1 amide bonds. The van der Waals surface area contributed by atoms with E-state index in [1.165, 1.54) is 12.8 Å². The van der Waals surface area contributed by atoms with Crippen LogP contribution in [0.2, 0.25) is 0 Å². The van der Waals surface area contributed by atoms with Crippen molar-refractivity contribution in [3.63, 3.8) is 0 Å². The Kier molecular flexibility index (Phi) is 11.1. The topological polar surface area (TPSA) is 50.4 Å². The predicted octanol–water partition coefficient (Wildman–Crippen LogP) is 1.51. The molecule has 1 rings (SSSR count). The molecule has 0 aromatic carbocycles. The summed E-state index contributed by atoms with van der Waals surface area (Å²) in [6, 6.07) is 0. The quantitative estimate of drug-likeness (QED) is 0.522. The fourth-order valence-electron chi connectivity index (χ4n) is 1.95. The maximum absolute atomic E-state index is 11.5. The lowest BCUT2D eigenvalue weighted by Gasteiger charge is -2.22. The van der Waals surface area contributed by atoms with Gasteiger partial charge in [-0.25, -0.2) is 0 Å². The molecule has 0 bridgehead atoms. The second-order valence-electron chi connectivity index (χ2n) is 4.48. The van der Waals surface area contributed by atoms with Crippen molar-refractivity contribution < 1.29 is 9.53 Å². The summed E-state index contributed by atoms with van der Waals surface area (Å²) in [6.07, 6.45) is 5.49. The number of ether oxygens (including phenoxy) is 1. The summed E-state index contributed by atoms with van der Waals surface area (Å²) >= 11 is 0. The number of hydrogen-bond acceptors (Lipinski definition) is 3. The third-order valence-electron chi connectivity index (χ3n) is 2.92. The van der Waals surface area contributed by atoms with Crippen LogP contribution >= 0.6 is 12.4 Å². The van der Waals surface area contributed by atoms with Crippen molar-refractivity contribution in [2.75, 3.05) is 32.8 Å². The van der Waals surface area contributed by atoms with E-state index in [4.69, 9.17) is 4.74 Å². The highest BCUT2D eigenvalue weighted by atomic mass is 35.5. The molecule has 0 radical (unpaired) electrons. The first-order valence-electron chi connectivity index (χ1n) is 6.49. The average molecular weight is 277 g/mol. The first kappa shape index (κ1) is 17.4. The van der Waals surface area contributed by atoms with Crippen LogP contribution < -0.4 is 10.6 Å². The van der Waals surface area contributed by atoms with Gasteiger partial charge in [-0.05, 0) is 38.3 Å². The van der Waals surface area contributed by atoms with E-state index < -0.39 is 0 Å². The zero-order valence-electron chi connectivity index (χ0n) is 11.0. The van der Waals surface area contributed by atoms with Gasteiger partial charge in [0, 0.05) is 19.6 Å². The number of carbonyl (C=O) groups is 1. The summed E-state index contributed by atoms with van der Waals surface area (Å²) in [5.41, 5.74) is 0. The molecule has 0 aromatic heterocycles. The molecule has 106 valence electrons. The molecule has 1 atom stereocenters. The normalized spacial score (nSPS) is 18.8. The highest BCUT2D eigenvalue weighted by Crippen LogP contribution is 2.08. The molecule has 4 nitrogen and oxygen atoms in total. The first-order valence-corrected chi connectivity index (χ1v) is 6.49. The maximum Gasteiger partial charge on any atom is 0.220 e. The van der Waals surface area contributed by atoms with E-state index in [1.54, 1.807) is 6.08 Å². The number of carbonyl (C=O) groups excluding carboxylic acids is 1. The van der Waals surface area contributed by atoms with E-state index in [2.05, 4.69) is 17.2 Å². The molecule has 1 aliphatic heterocycles. The zero-order chi connectivity index (χ0) is 12.3. The standard InChI is InChI=1S/C13H24N2O2.ClH/c1-2-8-17-9-4-6-13(16)15-11-12-5-3-7-14-10-12;/h2,12,14H,1,3-11H2,(H,15,16);1H. The van der Waals surface area contributed by atoms with E-state index in [9.17, 15) is 4.79 Å². The lowest BCUT2D eigenvalue weighted by Crippen LogP contribution is -2.38. The first-order chi connectivity index (χ1) is 8.33. The minimum absolute atomic E-state index is 0. The van der Waals surface area contributed by atoms with Crippen LogP contribution in [0.4, 0.5) is 0 Å². The maximum atomic E-state index is 11.5. The van der Waals surface area contributed by atoms with Gasteiger partial charge in [0.2, 0.25) is 5.91 Å². The average Bonchev–Trinajstić information content (AvgIpc) is 2.37. The fraction of sp³-hybridized carbons (Fsp3) is 0.769. The highest BCUT2D eigenvalue weighted by molar-refractivity contribution is 5.85. The number of rotatable bonds is 8. The minimum atomic E-state index is 0. The van der Waals surface area contributed by atoms with Crippen molar-refractivity contribution >= 4 is 18.3 Å². The van der Waals surface area contributed by atoms with Crippen molar-refractivity contribution in [1.29, 1.82) is 0 Å². The van der Waals surface area contributed by atoms with Gasteiger partial charge in [-0.3, -0.25) is 4.79 Å². The van der Waals surface area contributed by atoms with Crippen LogP contribution in [0.1, 0.15) is 25.7 Å². The van der Waals surface area contributed by atoms with Crippen LogP contribution in [0.25, 0.3) is 0 Å². The Hall–Kier alpha value is -0.580. The molecule has 0 aromatic rings. The van der Waals surface area contributed by atoms with Crippen LogP contribution in [0.3, 0.4) is 0 Å². The Morgan fingerprint density at radius 3 is 3.06 bits per heavy atom. The minimum Gasteiger partial charge on any atom is -0.377 e. The van der Waals surface area contributed by atoms with Crippen molar-refractivity contribution in [2.45, 2.75) is 25.7 Å². The molecule has 0 aliphatic carbocycles. The molecule has 1 aliphatic rings. The molecular formula is C13H25ClN2O2. The summed E-state index contributed by atoms with van der Waals surface area (Å²) in [7, 11) is 0. The zero-order valence-corrected chi connectivity index (χ0v) is 11.8. The Morgan fingerprint density at radius 1 is 1.56 bits per heavy atom. The summed E-state index contributed by atoms with van der Waals surface area (Å²) in [6.45, 7) is 7.71. The number of halogens is 1. The van der Waals surface area contributed by atoms with Crippen molar-refractivity contribution in [2.24, 2.45) is 5.92 Å². The van der Waals surface area contributed by atoms with E-state index >= 15 is 0 Å². The van der Waals surface area contributed by atoms with Crippen LogP contribution in [-0.2, 0) is 9.53 Å². The summed E-state index contributed by atoms with van der Waals surface area (Å²) in [5, 5.41) is 6.33. The van der Waals surface area contributed by atoms with Crippen LogP contribution in [0.5, 0.6) is 0 Å². The van der Waals surface area contributed by atoms with Gasteiger partial charge in [0.15, 0.2) is 0 Å². The van der Waals surface area contributed by atoms with Crippen molar-refractivity contribution in [1.82, 2.24) is 10.6 Å². The molecule has 5 heteroatoms. The van der Waals surface area contributed by atoms with Gasteiger partial charge in [0.1, 0.15) is 0 Å².